The fraction of sp³-hybridized carbons (Fsp3) is 0.214. The van der Waals surface area contributed by atoms with Crippen molar-refractivity contribution in [1.29, 1.82) is 0 Å². The number of hydrogen-bond acceptors (Lipinski definition) is 0. The van der Waals surface area contributed by atoms with E-state index in [1.165, 1.54) is 16.3 Å². The fourth-order valence-electron chi connectivity index (χ4n) is 1.64. The van der Waals surface area contributed by atoms with Crippen molar-refractivity contribution in [3.63, 3.8) is 0 Å². The topological polar surface area (TPSA) is 0 Å². The Kier molecular flexibility index (Phi) is 2.83. The maximum Gasteiger partial charge on any atom is 0.0171 e. The Hall–Kier alpha value is -1.30. The molecule has 0 spiro atoms. The fourth-order valence-corrected chi connectivity index (χ4v) is 1.64. The lowest BCUT2D eigenvalue weighted by Crippen LogP contribution is -1.83. The van der Waals surface area contributed by atoms with Gasteiger partial charge >= 0.3 is 0 Å². The van der Waals surface area contributed by atoms with Crippen LogP contribution in [0.4, 0.5) is 0 Å². The lowest BCUT2D eigenvalue weighted by atomic mass is 10.0. The first-order chi connectivity index (χ1) is 6.92. The standard InChI is InChI=1S/C14H14/c1-2-3-7-12-9-6-10-13-8-4-5-11-14(12)13/h4-6,8-11H,2-3H2,1H3. The second-order valence-electron chi connectivity index (χ2n) is 3.45. The van der Waals surface area contributed by atoms with Gasteiger partial charge in [-0.25, -0.2) is 0 Å². The van der Waals surface area contributed by atoms with E-state index in [1.54, 1.807) is 0 Å². The first-order valence-electron chi connectivity index (χ1n) is 5.13. The van der Waals surface area contributed by atoms with Gasteiger partial charge in [-0.15, -0.1) is 0 Å². The highest BCUT2D eigenvalue weighted by Gasteiger charge is 1.99. The van der Waals surface area contributed by atoms with Crippen LogP contribution in [0.2, 0.25) is 0 Å². The Morgan fingerprint density at radius 1 is 1.00 bits per heavy atom. The molecule has 2 radical (unpaired) electrons. The van der Waals surface area contributed by atoms with E-state index in [1.807, 2.05) is 0 Å². The van der Waals surface area contributed by atoms with Gasteiger partial charge in [-0.05, 0) is 22.8 Å². The van der Waals surface area contributed by atoms with Crippen LogP contribution in [-0.4, -0.2) is 0 Å². The maximum atomic E-state index is 3.44. The van der Waals surface area contributed by atoms with Crippen LogP contribution in [0.1, 0.15) is 25.3 Å². The van der Waals surface area contributed by atoms with Gasteiger partial charge in [0.05, 0.1) is 0 Å². The molecule has 0 fully saturated rings. The number of benzene rings is 2. The van der Waals surface area contributed by atoms with E-state index in [0.29, 0.717) is 0 Å². The molecule has 0 unspecified atom stereocenters. The summed E-state index contributed by atoms with van der Waals surface area (Å²) in [6.07, 6.45) is 5.63. The average Bonchev–Trinajstić information content (AvgIpc) is 2.26. The molecule has 0 aromatic heterocycles. The summed E-state index contributed by atoms with van der Waals surface area (Å²) in [7, 11) is 0. The second kappa shape index (κ2) is 4.28. The third-order valence-electron chi connectivity index (χ3n) is 2.36. The van der Waals surface area contributed by atoms with Gasteiger partial charge in [-0.2, -0.15) is 0 Å². The van der Waals surface area contributed by atoms with E-state index in [0.717, 1.165) is 12.8 Å². The Bertz CT molecular complexity index is 410. The average molecular weight is 182 g/mol. The van der Waals surface area contributed by atoms with Crippen molar-refractivity contribution in [3.05, 3.63) is 54.4 Å². The molecule has 2 aromatic carbocycles. The minimum atomic E-state index is 1.04. The summed E-state index contributed by atoms with van der Waals surface area (Å²) >= 11 is 0. The van der Waals surface area contributed by atoms with Crippen molar-refractivity contribution in [1.82, 2.24) is 0 Å². The second-order valence-corrected chi connectivity index (χ2v) is 3.45. The minimum Gasteiger partial charge on any atom is -0.0653 e. The van der Waals surface area contributed by atoms with Crippen LogP contribution in [-0.2, 0) is 0 Å². The summed E-state index contributed by atoms with van der Waals surface area (Å²) < 4.78 is 0. The molecule has 70 valence electrons. The molecular weight excluding hydrogens is 168 g/mol. The van der Waals surface area contributed by atoms with Gasteiger partial charge in [0.25, 0.3) is 0 Å². The van der Waals surface area contributed by atoms with Gasteiger partial charge < -0.3 is 0 Å². The van der Waals surface area contributed by atoms with Crippen molar-refractivity contribution in [2.75, 3.05) is 0 Å². The number of hydrogen-bond donors (Lipinski definition) is 0. The van der Waals surface area contributed by atoms with E-state index in [9.17, 15) is 0 Å². The van der Waals surface area contributed by atoms with Crippen LogP contribution in [0.5, 0.6) is 0 Å². The normalized spacial score (nSPS) is 10.6. The molecule has 0 nitrogen and oxygen atoms in total. The molecule has 0 saturated heterocycles. The van der Waals surface area contributed by atoms with E-state index in [-0.39, 0.29) is 0 Å². The van der Waals surface area contributed by atoms with Crippen molar-refractivity contribution in [3.8, 4) is 0 Å². The number of fused-ring (bicyclic) bond motifs is 1. The van der Waals surface area contributed by atoms with Crippen LogP contribution in [0.3, 0.4) is 0 Å². The van der Waals surface area contributed by atoms with Crippen LogP contribution in [0, 0.1) is 6.42 Å². The molecule has 0 heterocycles. The third kappa shape index (κ3) is 1.79. The summed E-state index contributed by atoms with van der Waals surface area (Å²) in [6, 6.07) is 14.8. The molecule has 2 aromatic rings. The minimum absolute atomic E-state index is 1.04. The molecule has 0 heteroatoms. The quantitative estimate of drug-likeness (QED) is 0.671. The number of rotatable bonds is 3. The van der Waals surface area contributed by atoms with Crippen molar-refractivity contribution in [2.24, 2.45) is 0 Å². The van der Waals surface area contributed by atoms with Crippen LogP contribution in [0.15, 0.2) is 42.5 Å². The van der Waals surface area contributed by atoms with Gasteiger partial charge in [0.2, 0.25) is 0 Å². The van der Waals surface area contributed by atoms with Crippen LogP contribution < -0.4 is 0 Å². The third-order valence-corrected chi connectivity index (χ3v) is 2.36. The zero-order valence-corrected chi connectivity index (χ0v) is 8.46. The van der Waals surface area contributed by atoms with E-state index in [4.69, 9.17) is 0 Å². The molecule has 2 rings (SSSR count). The molecule has 0 bridgehead atoms. The van der Waals surface area contributed by atoms with Crippen LogP contribution in [0.25, 0.3) is 10.8 Å². The largest absolute Gasteiger partial charge is 0.0653 e. The molecule has 0 aliphatic heterocycles. The molecule has 0 saturated carbocycles. The molecule has 0 atom stereocenters. The molecule has 14 heavy (non-hydrogen) atoms. The Morgan fingerprint density at radius 3 is 2.64 bits per heavy atom. The highest BCUT2D eigenvalue weighted by Crippen LogP contribution is 2.20. The first-order valence-corrected chi connectivity index (χ1v) is 5.13. The van der Waals surface area contributed by atoms with Crippen molar-refractivity contribution < 1.29 is 0 Å². The molecule has 0 N–H and O–H groups in total. The highest BCUT2D eigenvalue weighted by molar-refractivity contribution is 5.86. The molecule has 0 aliphatic rings. The molecule has 0 aliphatic carbocycles. The van der Waals surface area contributed by atoms with Crippen molar-refractivity contribution >= 4 is 10.8 Å². The summed E-state index contributed by atoms with van der Waals surface area (Å²) in [4.78, 5) is 0. The van der Waals surface area contributed by atoms with Gasteiger partial charge in [0, 0.05) is 6.42 Å². The first kappa shape index (κ1) is 9.26. The predicted molar refractivity (Wildman–Crippen MR) is 61.2 cm³/mol. The number of unbranched alkanes of at least 4 members (excludes halogenated alkanes) is 1. The van der Waals surface area contributed by atoms with E-state index < -0.39 is 0 Å². The van der Waals surface area contributed by atoms with Crippen LogP contribution >= 0.6 is 0 Å². The van der Waals surface area contributed by atoms with Gasteiger partial charge in [-0.1, -0.05) is 55.8 Å². The van der Waals surface area contributed by atoms with Gasteiger partial charge in [0.1, 0.15) is 0 Å². The molecule has 0 amide bonds. The van der Waals surface area contributed by atoms with Crippen molar-refractivity contribution in [2.45, 2.75) is 19.8 Å². The summed E-state index contributed by atoms with van der Waals surface area (Å²) in [5, 5.41) is 2.61. The monoisotopic (exact) mass is 182 g/mol. The van der Waals surface area contributed by atoms with Gasteiger partial charge in [0.15, 0.2) is 0 Å². The lowest BCUT2D eigenvalue weighted by Gasteiger charge is -2.04. The SMILES string of the molecule is CCC[C]c1cccc2ccccc12. The summed E-state index contributed by atoms with van der Waals surface area (Å²) in [6.45, 7) is 2.18. The maximum absolute atomic E-state index is 3.44. The lowest BCUT2D eigenvalue weighted by molar-refractivity contribution is 0.916. The highest BCUT2D eigenvalue weighted by atomic mass is 14.0. The molecular formula is C14H14. The zero-order valence-electron chi connectivity index (χ0n) is 8.46. The Labute approximate surface area is 85.6 Å². The van der Waals surface area contributed by atoms with E-state index >= 15 is 0 Å². The summed E-state index contributed by atoms with van der Waals surface area (Å²) in [5.74, 6) is 0. The smallest absolute Gasteiger partial charge is 0.0171 e. The Morgan fingerprint density at radius 2 is 1.79 bits per heavy atom. The van der Waals surface area contributed by atoms with E-state index in [2.05, 4.69) is 55.8 Å². The zero-order chi connectivity index (χ0) is 9.80. The summed E-state index contributed by atoms with van der Waals surface area (Å²) in [5.41, 5.74) is 1.24. The Balaban J connectivity index is 2.43. The van der Waals surface area contributed by atoms with Gasteiger partial charge in [-0.3, -0.25) is 0 Å². The predicted octanol–water partition coefficient (Wildman–Crippen LogP) is 4.07.